The van der Waals surface area contributed by atoms with Crippen LogP contribution in [0.2, 0.25) is 0 Å². The average Bonchev–Trinajstić information content (AvgIpc) is 2.57. The molecule has 0 aliphatic carbocycles. The van der Waals surface area contributed by atoms with Crippen molar-refractivity contribution in [3.8, 4) is 0 Å². The minimum absolute atomic E-state index is 0.0178. The number of rotatable bonds is 8. The van der Waals surface area contributed by atoms with E-state index >= 15 is 0 Å². The van der Waals surface area contributed by atoms with Crippen LogP contribution in [-0.4, -0.2) is 37.7 Å². The molecule has 0 aromatic heterocycles. The van der Waals surface area contributed by atoms with E-state index in [4.69, 9.17) is 4.74 Å². The molecule has 0 saturated heterocycles. The summed E-state index contributed by atoms with van der Waals surface area (Å²) in [6.45, 7) is 3.54. The van der Waals surface area contributed by atoms with Crippen molar-refractivity contribution in [3.05, 3.63) is 71.3 Å². The van der Waals surface area contributed by atoms with E-state index in [1.165, 1.54) is 0 Å². The van der Waals surface area contributed by atoms with Gasteiger partial charge in [0, 0.05) is 5.75 Å². The van der Waals surface area contributed by atoms with Crippen LogP contribution in [0.25, 0.3) is 0 Å². The first kappa shape index (κ1) is 18.6. The van der Waals surface area contributed by atoms with E-state index < -0.39 is 15.9 Å². The number of aliphatic hydroxyl groups excluding tert-OH is 1. The van der Waals surface area contributed by atoms with Crippen molar-refractivity contribution in [2.75, 3.05) is 18.1 Å². The molecule has 0 bridgehead atoms. The van der Waals surface area contributed by atoms with Crippen molar-refractivity contribution in [1.82, 2.24) is 0 Å². The predicted molar refractivity (Wildman–Crippen MR) is 95.8 cm³/mol. The van der Waals surface area contributed by atoms with Crippen molar-refractivity contribution < 1.29 is 18.3 Å². The number of sulfone groups is 1. The number of aryl methyl sites for hydroxylation is 1. The van der Waals surface area contributed by atoms with Crippen molar-refractivity contribution in [2.45, 2.75) is 26.1 Å². The van der Waals surface area contributed by atoms with Gasteiger partial charge in [0.1, 0.15) is 6.10 Å². The Morgan fingerprint density at radius 2 is 1.67 bits per heavy atom. The summed E-state index contributed by atoms with van der Waals surface area (Å²) in [6.07, 6.45) is -1.38. The first-order valence-electron chi connectivity index (χ1n) is 8.03. The lowest BCUT2D eigenvalue weighted by atomic mass is 9.97. The lowest BCUT2D eigenvalue weighted by Crippen LogP contribution is -2.27. The van der Waals surface area contributed by atoms with Gasteiger partial charge in [0.2, 0.25) is 0 Å². The Kier molecular flexibility index (Phi) is 6.54. The molecule has 2 aromatic carbocycles. The topological polar surface area (TPSA) is 63.6 Å². The van der Waals surface area contributed by atoms with E-state index in [0.717, 1.165) is 16.7 Å². The van der Waals surface area contributed by atoms with E-state index in [1.807, 2.05) is 61.5 Å². The summed E-state index contributed by atoms with van der Waals surface area (Å²) in [5.74, 6) is -0.261. The summed E-state index contributed by atoms with van der Waals surface area (Å²) in [4.78, 5) is 0. The van der Waals surface area contributed by atoms with Crippen LogP contribution < -0.4 is 0 Å². The molecule has 0 radical (unpaired) electrons. The third kappa shape index (κ3) is 5.16. The van der Waals surface area contributed by atoms with Crippen LogP contribution in [0, 0.1) is 6.92 Å². The van der Waals surface area contributed by atoms with E-state index in [2.05, 4.69) is 0 Å². The zero-order chi connectivity index (χ0) is 17.6. The number of benzene rings is 2. The second-order valence-electron chi connectivity index (χ2n) is 5.83. The smallest absolute Gasteiger partial charge is 0.152 e. The van der Waals surface area contributed by atoms with E-state index in [9.17, 15) is 13.5 Å². The van der Waals surface area contributed by atoms with Crippen molar-refractivity contribution >= 4 is 9.84 Å². The monoisotopic (exact) mass is 348 g/mol. The minimum Gasteiger partial charge on any atom is -0.390 e. The molecule has 130 valence electrons. The van der Waals surface area contributed by atoms with Gasteiger partial charge in [0.25, 0.3) is 0 Å². The fraction of sp³-hybridized carbons (Fsp3) is 0.368. The molecule has 2 unspecified atom stereocenters. The quantitative estimate of drug-likeness (QED) is 0.797. The van der Waals surface area contributed by atoms with Gasteiger partial charge in [0.05, 0.1) is 18.5 Å². The molecule has 0 fully saturated rings. The van der Waals surface area contributed by atoms with Crippen LogP contribution in [0.4, 0.5) is 0 Å². The summed E-state index contributed by atoms with van der Waals surface area (Å²) in [5, 5.41) is 10.0. The minimum atomic E-state index is -3.23. The zero-order valence-corrected chi connectivity index (χ0v) is 14.9. The molecule has 0 spiro atoms. The highest BCUT2D eigenvalue weighted by molar-refractivity contribution is 7.91. The number of ether oxygens (including phenoxy) is 1. The van der Waals surface area contributed by atoms with E-state index in [0.29, 0.717) is 0 Å². The first-order chi connectivity index (χ1) is 11.4. The molecule has 1 N–H and O–H groups in total. The van der Waals surface area contributed by atoms with Gasteiger partial charge in [-0.2, -0.15) is 0 Å². The average molecular weight is 348 g/mol. The second-order valence-corrected chi connectivity index (χ2v) is 8.23. The lowest BCUT2D eigenvalue weighted by molar-refractivity contribution is 0.0147. The summed E-state index contributed by atoms with van der Waals surface area (Å²) in [5.41, 5.74) is 3.06. The second kappa shape index (κ2) is 8.42. The molecule has 0 saturated carbocycles. The standard InChI is InChI=1S/C19H24O4S/c1-3-24(21,22)14-17(20)13-23-19(16-10-5-4-6-11-16)18-12-8-7-9-15(18)2/h4-12,17,19-20H,3,13-14H2,1-2H3. The SMILES string of the molecule is CCS(=O)(=O)CC(O)COC(c1ccccc1)c1ccccc1C. The summed E-state index contributed by atoms with van der Waals surface area (Å²) in [6, 6.07) is 17.6. The molecule has 0 aliphatic rings. The molecule has 5 heteroatoms. The Morgan fingerprint density at radius 3 is 2.29 bits per heavy atom. The molecule has 24 heavy (non-hydrogen) atoms. The van der Waals surface area contributed by atoms with Gasteiger partial charge in [-0.15, -0.1) is 0 Å². The highest BCUT2D eigenvalue weighted by atomic mass is 32.2. The van der Waals surface area contributed by atoms with Crippen LogP contribution >= 0.6 is 0 Å². The van der Waals surface area contributed by atoms with E-state index in [1.54, 1.807) is 6.92 Å². The zero-order valence-electron chi connectivity index (χ0n) is 14.1. The van der Waals surface area contributed by atoms with Crippen molar-refractivity contribution in [2.24, 2.45) is 0 Å². The molecule has 2 aromatic rings. The van der Waals surface area contributed by atoms with Gasteiger partial charge < -0.3 is 9.84 Å². The highest BCUT2D eigenvalue weighted by Crippen LogP contribution is 2.28. The maximum atomic E-state index is 11.6. The lowest BCUT2D eigenvalue weighted by Gasteiger charge is -2.22. The molecule has 0 aliphatic heterocycles. The molecule has 2 atom stereocenters. The molecule has 2 rings (SSSR count). The summed E-state index contributed by atoms with van der Waals surface area (Å²) >= 11 is 0. The van der Waals surface area contributed by atoms with Crippen molar-refractivity contribution in [3.63, 3.8) is 0 Å². The molecule has 0 heterocycles. The van der Waals surface area contributed by atoms with Gasteiger partial charge in [-0.05, 0) is 23.6 Å². The molecule has 0 amide bonds. The third-order valence-corrected chi connectivity index (χ3v) is 5.69. The summed E-state index contributed by atoms with van der Waals surface area (Å²) < 4.78 is 29.2. The van der Waals surface area contributed by atoms with Crippen LogP contribution in [0.5, 0.6) is 0 Å². The van der Waals surface area contributed by atoms with E-state index in [-0.39, 0.29) is 24.2 Å². The number of hydrogen-bond donors (Lipinski definition) is 1. The summed E-state index contributed by atoms with van der Waals surface area (Å²) in [7, 11) is -3.23. The fourth-order valence-corrected chi connectivity index (χ4v) is 3.46. The Bertz CT molecular complexity index is 741. The van der Waals surface area contributed by atoms with Gasteiger partial charge >= 0.3 is 0 Å². The Morgan fingerprint density at radius 1 is 1.04 bits per heavy atom. The van der Waals surface area contributed by atoms with Crippen LogP contribution in [0.1, 0.15) is 29.7 Å². The largest absolute Gasteiger partial charge is 0.390 e. The van der Waals surface area contributed by atoms with Gasteiger partial charge in [-0.3, -0.25) is 0 Å². The molecular formula is C19H24O4S. The van der Waals surface area contributed by atoms with Crippen LogP contribution in [0.3, 0.4) is 0 Å². The Hall–Kier alpha value is -1.69. The normalized spacial score (nSPS) is 14.3. The third-order valence-electron chi connectivity index (χ3n) is 3.91. The van der Waals surface area contributed by atoms with Crippen LogP contribution in [0.15, 0.2) is 54.6 Å². The number of aliphatic hydroxyl groups is 1. The Labute approximate surface area is 144 Å². The Balaban J connectivity index is 2.18. The van der Waals surface area contributed by atoms with Gasteiger partial charge in [-0.25, -0.2) is 8.42 Å². The fourth-order valence-electron chi connectivity index (χ4n) is 2.54. The van der Waals surface area contributed by atoms with Crippen LogP contribution in [-0.2, 0) is 14.6 Å². The molecular weight excluding hydrogens is 324 g/mol. The number of hydrogen-bond acceptors (Lipinski definition) is 4. The first-order valence-corrected chi connectivity index (χ1v) is 9.85. The molecule has 4 nitrogen and oxygen atoms in total. The van der Waals surface area contributed by atoms with Gasteiger partial charge in [0.15, 0.2) is 9.84 Å². The maximum Gasteiger partial charge on any atom is 0.152 e. The van der Waals surface area contributed by atoms with Crippen molar-refractivity contribution in [1.29, 1.82) is 0 Å². The maximum absolute atomic E-state index is 11.6. The highest BCUT2D eigenvalue weighted by Gasteiger charge is 2.21. The predicted octanol–water partition coefficient (Wildman–Crippen LogP) is 2.90. The van der Waals surface area contributed by atoms with Gasteiger partial charge in [-0.1, -0.05) is 61.5 Å².